The average molecular weight is 423 g/mol. The number of nitrogens with one attached hydrogen (secondary N) is 2. The van der Waals surface area contributed by atoms with Crippen molar-refractivity contribution in [1.29, 1.82) is 0 Å². The molecule has 2 heterocycles. The Morgan fingerprint density at radius 1 is 1.24 bits per heavy atom. The molecule has 29 heavy (non-hydrogen) atoms. The summed E-state index contributed by atoms with van der Waals surface area (Å²) in [5.41, 5.74) is 1.33. The maximum Gasteiger partial charge on any atom is 0.434 e. The van der Waals surface area contributed by atoms with Gasteiger partial charge in [-0.05, 0) is 11.1 Å². The van der Waals surface area contributed by atoms with Crippen molar-refractivity contribution in [1.82, 2.24) is 30.4 Å². The van der Waals surface area contributed by atoms with Gasteiger partial charge in [-0.1, -0.05) is 24.3 Å². The first-order valence-electron chi connectivity index (χ1n) is 8.80. The van der Waals surface area contributed by atoms with Crippen LogP contribution in [0.4, 0.5) is 13.2 Å². The molecular weight excluding hydrogens is 403 g/mol. The van der Waals surface area contributed by atoms with Crippen molar-refractivity contribution in [2.75, 3.05) is 13.6 Å². The van der Waals surface area contributed by atoms with Gasteiger partial charge in [-0.25, -0.2) is 14.6 Å². The standard InChI is InChI=1S/C18H20F3N7S/c1-22-17(24-6-5-16-27-15(10-29-16)18(19,20)21)25-8-13-3-2-4-14(7-13)9-28-12-23-11-26-28/h2-4,7,10-12H,5-6,8-9H2,1H3,(H2,22,24,25). The lowest BCUT2D eigenvalue weighted by Crippen LogP contribution is -2.37. The van der Waals surface area contributed by atoms with Crippen molar-refractivity contribution in [2.45, 2.75) is 25.7 Å². The van der Waals surface area contributed by atoms with E-state index in [4.69, 9.17) is 0 Å². The van der Waals surface area contributed by atoms with Crippen LogP contribution < -0.4 is 10.6 Å². The van der Waals surface area contributed by atoms with Gasteiger partial charge in [0.05, 0.1) is 11.6 Å². The topological polar surface area (TPSA) is 80.0 Å². The molecule has 0 aliphatic carbocycles. The largest absolute Gasteiger partial charge is 0.434 e. The summed E-state index contributed by atoms with van der Waals surface area (Å²) in [5.74, 6) is 0.569. The minimum Gasteiger partial charge on any atom is -0.356 e. The molecule has 0 amide bonds. The van der Waals surface area contributed by atoms with E-state index >= 15 is 0 Å². The number of aliphatic imine (C=N–C) groups is 1. The number of alkyl halides is 3. The summed E-state index contributed by atoms with van der Waals surface area (Å²) in [7, 11) is 1.64. The van der Waals surface area contributed by atoms with Gasteiger partial charge in [0.25, 0.3) is 0 Å². The molecule has 0 spiro atoms. The van der Waals surface area contributed by atoms with E-state index in [1.165, 1.54) is 6.33 Å². The maximum atomic E-state index is 12.6. The van der Waals surface area contributed by atoms with Gasteiger partial charge in [0.2, 0.25) is 0 Å². The van der Waals surface area contributed by atoms with Gasteiger partial charge in [0, 0.05) is 31.9 Å². The van der Waals surface area contributed by atoms with Crippen molar-refractivity contribution in [3.63, 3.8) is 0 Å². The number of benzene rings is 1. The summed E-state index contributed by atoms with van der Waals surface area (Å²) >= 11 is 1.01. The van der Waals surface area contributed by atoms with Crippen molar-refractivity contribution in [3.8, 4) is 0 Å². The summed E-state index contributed by atoms with van der Waals surface area (Å²) in [4.78, 5) is 11.7. The predicted octanol–water partition coefficient (Wildman–Crippen LogP) is 2.71. The smallest absolute Gasteiger partial charge is 0.356 e. The van der Waals surface area contributed by atoms with Crippen LogP contribution in [0, 0.1) is 0 Å². The molecule has 1 aromatic carbocycles. The van der Waals surface area contributed by atoms with Gasteiger partial charge >= 0.3 is 6.18 Å². The molecule has 0 aliphatic heterocycles. The fourth-order valence-corrected chi connectivity index (χ4v) is 3.39. The third-order valence-electron chi connectivity index (χ3n) is 3.96. The van der Waals surface area contributed by atoms with Crippen molar-refractivity contribution < 1.29 is 13.2 Å². The number of rotatable bonds is 7. The van der Waals surface area contributed by atoms with Gasteiger partial charge in [-0.2, -0.15) is 18.3 Å². The SMILES string of the molecule is CN=C(NCCc1nc(C(F)(F)F)cs1)NCc1cccc(Cn2cncn2)c1. The Kier molecular flexibility index (Phi) is 6.81. The van der Waals surface area contributed by atoms with E-state index in [9.17, 15) is 13.2 Å². The van der Waals surface area contributed by atoms with E-state index in [0.717, 1.165) is 27.8 Å². The van der Waals surface area contributed by atoms with Gasteiger partial charge in [-0.15, -0.1) is 11.3 Å². The fraction of sp³-hybridized carbons (Fsp3) is 0.333. The molecule has 2 aromatic heterocycles. The highest BCUT2D eigenvalue weighted by Gasteiger charge is 2.33. The van der Waals surface area contributed by atoms with E-state index in [1.54, 1.807) is 18.1 Å². The molecule has 0 bridgehead atoms. The van der Waals surface area contributed by atoms with Crippen LogP contribution >= 0.6 is 11.3 Å². The van der Waals surface area contributed by atoms with E-state index in [0.29, 0.717) is 37.0 Å². The van der Waals surface area contributed by atoms with Crippen LogP contribution in [-0.4, -0.2) is 39.3 Å². The van der Waals surface area contributed by atoms with Crippen LogP contribution in [0.1, 0.15) is 21.8 Å². The quantitative estimate of drug-likeness (QED) is 0.451. The molecule has 7 nitrogen and oxygen atoms in total. The monoisotopic (exact) mass is 423 g/mol. The third-order valence-corrected chi connectivity index (χ3v) is 4.87. The molecule has 0 radical (unpaired) electrons. The van der Waals surface area contributed by atoms with E-state index in [1.807, 2.05) is 18.2 Å². The molecule has 0 saturated heterocycles. The molecule has 0 fully saturated rings. The van der Waals surface area contributed by atoms with Gasteiger partial charge < -0.3 is 10.6 Å². The molecular formula is C18H20F3N7S. The van der Waals surface area contributed by atoms with E-state index < -0.39 is 11.9 Å². The molecule has 11 heteroatoms. The van der Waals surface area contributed by atoms with Crippen molar-refractivity contribution in [2.24, 2.45) is 4.99 Å². The first-order valence-corrected chi connectivity index (χ1v) is 9.68. The lowest BCUT2D eigenvalue weighted by Gasteiger charge is -2.12. The van der Waals surface area contributed by atoms with Gasteiger partial charge in [0.1, 0.15) is 12.7 Å². The summed E-state index contributed by atoms with van der Waals surface area (Å²) < 4.78 is 39.5. The number of hydrogen-bond acceptors (Lipinski definition) is 5. The van der Waals surface area contributed by atoms with Gasteiger partial charge in [-0.3, -0.25) is 4.99 Å². The van der Waals surface area contributed by atoms with Crippen LogP contribution in [0.25, 0.3) is 0 Å². The minimum absolute atomic E-state index is 0.384. The Morgan fingerprint density at radius 2 is 2.07 bits per heavy atom. The minimum atomic E-state index is -4.40. The second-order valence-electron chi connectivity index (χ2n) is 6.14. The van der Waals surface area contributed by atoms with Gasteiger partial charge in [0.15, 0.2) is 11.7 Å². The second kappa shape index (κ2) is 9.50. The number of hydrogen-bond donors (Lipinski definition) is 2. The number of halogens is 3. The number of guanidine groups is 1. The highest BCUT2D eigenvalue weighted by atomic mass is 32.1. The van der Waals surface area contributed by atoms with Crippen LogP contribution in [-0.2, 0) is 25.7 Å². The van der Waals surface area contributed by atoms with E-state index in [2.05, 4.69) is 36.8 Å². The van der Waals surface area contributed by atoms with Crippen LogP contribution in [0.3, 0.4) is 0 Å². The second-order valence-corrected chi connectivity index (χ2v) is 7.08. The highest BCUT2D eigenvalue weighted by Crippen LogP contribution is 2.29. The zero-order valence-electron chi connectivity index (χ0n) is 15.6. The molecule has 0 unspecified atom stereocenters. The van der Waals surface area contributed by atoms with Crippen molar-refractivity contribution in [3.05, 3.63) is 64.1 Å². The highest BCUT2D eigenvalue weighted by molar-refractivity contribution is 7.09. The molecule has 3 aromatic rings. The zero-order valence-corrected chi connectivity index (χ0v) is 16.5. The summed E-state index contributed by atoms with van der Waals surface area (Å²) in [5, 5.41) is 11.8. The molecule has 0 atom stereocenters. The first-order chi connectivity index (χ1) is 13.9. The molecule has 0 aliphatic rings. The predicted molar refractivity (Wildman–Crippen MR) is 105 cm³/mol. The van der Waals surface area contributed by atoms with E-state index in [-0.39, 0.29) is 0 Å². The number of thiazole rings is 1. The summed E-state index contributed by atoms with van der Waals surface area (Å²) in [6.07, 6.45) is -0.857. The Bertz CT molecular complexity index is 935. The maximum absolute atomic E-state index is 12.6. The summed E-state index contributed by atoms with van der Waals surface area (Å²) in [6.45, 7) is 1.62. The summed E-state index contributed by atoms with van der Waals surface area (Å²) in [6, 6.07) is 8.05. The zero-order chi connectivity index (χ0) is 20.7. The Balaban J connectivity index is 1.46. The Morgan fingerprint density at radius 3 is 2.76 bits per heavy atom. The normalized spacial score (nSPS) is 12.2. The Labute approximate surface area is 169 Å². The van der Waals surface area contributed by atoms with Crippen LogP contribution in [0.15, 0.2) is 47.3 Å². The fourth-order valence-electron chi connectivity index (χ4n) is 2.59. The lowest BCUT2D eigenvalue weighted by molar-refractivity contribution is -0.140. The molecule has 0 saturated carbocycles. The lowest BCUT2D eigenvalue weighted by atomic mass is 10.1. The molecule has 2 N–H and O–H groups in total. The van der Waals surface area contributed by atoms with Crippen molar-refractivity contribution >= 4 is 17.3 Å². The molecule has 3 rings (SSSR count). The first kappa shape index (κ1) is 20.8. The van der Waals surface area contributed by atoms with Crippen LogP contribution in [0.2, 0.25) is 0 Å². The third kappa shape index (κ3) is 6.28. The van der Waals surface area contributed by atoms with Crippen LogP contribution in [0.5, 0.6) is 0 Å². The average Bonchev–Trinajstić information content (AvgIpc) is 3.36. The number of aromatic nitrogens is 4. The number of nitrogens with zero attached hydrogens (tertiary/aromatic N) is 5. The molecule has 154 valence electrons. The Hall–Kier alpha value is -2.95.